The largest absolute Gasteiger partial charge is 0.457 e. The number of nitrogens with zero attached hydrogens (tertiary/aromatic N) is 1. The van der Waals surface area contributed by atoms with Crippen molar-refractivity contribution in [1.82, 2.24) is 4.90 Å². The SMILES string of the molecule is CC1=C(C(=O)OC(C)(C)C)C(C)(C)C=CN1Cc1ccccc1. The van der Waals surface area contributed by atoms with E-state index in [9.17, 15) is 4.79 Å². The van der Waals surface area contributed by atoms with Gasteiger partial charge in [-0.05, 0) is 33.3 Å². The van der Waals surface area contributed by atoms with Crippen LogP contribution in [-0.2, 0) is 16.1 Å². The first-order chi connectivity index (χ1) is 10.6. The molecule has 0 aliphatic carbocycles. The van der Waals surface area contributed by atoms with Crippen molar-refractivity contribution < 1.29 is 9.53 Å². The molecule has 0 bridgehead atoms. The molecule has 1 aromatic carbocycles. The molecule has 0 amide bonds. The Balaban J connectivity index is 2.31. The Labute approximate surface area is 139 Å². The van der Waals surface area contributed by atoms with Crippen LogP contribution in [0.5, 0.6) is 0 Å². The highest BCUT2D eigenvalue weighted by atomic mass is 16.6. The van der Waals surface area contributed by atoms with Gasteiger partial charge in [-0.15, -0.1) is 0 Å². The van der Waals surface area contributed by atoms with Gasteiger partial charge in [0, 0.05) is 23.9 Å². The van der Waals surface area contributed by atoms with E-state index in [1.807, 2.05) is 59.7 Å². The second-order valence-corrected chi connectivity index (χ2v) is 7.61. The van der Waals surface area contributed by atoms with Crippen molar-refractivity contribution in [3.63, 3.8) is 0 Å². The number of carbonyl (C=O) groups is 1. The van der Waals surface area contributed by atoms with Crippen molar-refractivity contribution in [3.05, 3.63) is 59.4 Å². The Bertz CT molecular complexity index is 633. The molecule has 1 aliphatic rings. The normalized spacial score (nSPS) is 17.4. The molecule has 0 unspecified atom stereocenters. The highest BCUT2D eigenvalue weighted by Gasteiger charge is 2.35. The van der Waals surface area contributed by atoms with Gasteiger partial charge in [0.25, 0.3) is 0 Å². The second-order valence-electron chi connectivity index (χ2n) is 7.61. The molecule has 0 aromatic heterocycles. The van der Waals surface area contributed by atoms with Crippen LogP contribution >= 0.6 is 0 Å². The van der Waals surface area contributed by atoms with Gasteiger partial charge in [0.15, 0.2) is 0 Å². The van der Waals surface area contributed by atoms with Crippen molar-refractivity contribution in [2.24, 2.45) is 5.41 Å². The average Bonchev–Trinajstić information content (AvgIpc) is 2.41. The van der Waals surface area contributed by atoms with Gasteiger partial charge in [-0.25, -0.2) is 4.79 Å². The number of benzene rings is 1. The number of rotatable bonds is 3. The van der Waals surface area contributed by atoms with Gasteiger partial charge >= 0.3 is 5.97 Å². The van der Waals surface area contributed by atoms with Crippen molar-refractivity contribution in [2.75, 3.05) is 0 Å². The second kappa shape index (κ2) is 6.23. The average molecular weight is 313 g/mol. The highest BCUT2D eigenvalue weighted by molar-refractivity contribution is 5.91. The van der Waals surface area contributed by atoms with E-state index in [0.717, 1.165) is 17.8 Å². The van der Waals surface area contributed by atoms with Crippen molar-refractivity contribution >= 4 is 5.97 Å². The molecule has 1 heterocycles. The van der Waals surface area contributed by atoms with E-state index in [4.69, 9.17) is 4.74 Å². The van der Waals surface area contributed by atoms with E-state index in [1.165, 1.54) is 5.56 Å². The molecule has 1 aliphatic heterocycles. The summed E-state index contributed by atoms with van der Waals surface area (Å²) < 4.78 is 5.62. The molecule has 0 fully saturated rings. The first kappa shape index (κ1) is 17.3. The summed E-state index contributed by atoms with van der Waals surface area (Å²) in [5, 5.41) is 0. The molecule has 0 spiro atoms. The quantitative estimate of drug-likeness (QED) is 0.760. The lowest BCUT2D eigenvalue weighted by atomic mass is 9.80. The van der Waals surface area contributed by atoms with E-state index < -0.39 is 5.60 Å². The van der Waals surface area contributed by atoms with Crippen LogP contribution in [0.25, 0.3) is 0 Å². The van der Waals surface area contributed by atoms with Gasteiger partial charge < -0.3 is 9.64 Å². The Morgan fingerprint density at radius 2 is 1.78 bits per heavy atom. The summed E-state index contributed by atoms with van der Waals surface area (Å²) in [6, 6.07) is 10.2. The fourth-order valence-electron chi connectivity index (χ4n) is 2.77. The predicted octanol–water partition coefficient (Wildman–Crippen LogP) is 4.66. The topological polar surface area (TPSA) is 29.5 Å². The molecule has 3 nitrogen and oxygen atoms in total. The molecule has 0 saturated heterocycles. The molecule has 0 radical (unpaired) electrons. The predicted molar refractivity (Wildman–Crippen MR) is 93.5 cm³/mol. The third-order valence-corrected chi connectivity index (χ3v) is 3.91. The number of esters is 1. The smallest absolute Gasteiger partial charge is 0.337 e. The van der Waals surface area contributed by atoms with Gasteiger partial charge in [-0.1, -0.05) is 50.3 Å². The maximum atomic E-state index is 12.7. The lowest BCUT2D eigenvalue weighted by Crippen LogP contribution is -2.34. The maximum absolute atomic E-state index is 12.7. The standard InChI is InChI=1S/C20H27NO2/c1-15-17(18(22)23-19(2,3)4)20(5,6)12-13-21(15)14-16-10-8-7-9-11-16/h7-13H,14H2,1-6H3. The van der Waals surface area contributed by atoms with E-state index in [1.54, 1.807) is 0 Å². The zero-order valence-corrected chi connectivity index (χ0v) is 15.0. The molecule has 124 valence electrons. The molecule has 0 N–H and O–H groups in total. The van der Waals surface area contributed by atoms with Gasteiger partial charge in [-0.3, -0.25) is 0 Å². The fraction of sp³-hybridized carbons (Fsp3) is 0.450. The minimum Gasteiger partial charge on any atom is -0.457 e. The number of hydrogen-bond donors (Lipinski definition) is 0. The molecule has 0 atom stereocenters. The minimum atomic E-state index is -0.494. The lowest BCUT2D eigenvalue weighted by molar-refractivity contribution is -0.151. The first-order valence-electron chi connectivity index (χ1n) is 8.05. The van der Waals surface area contributed by atoms with E-state index >= 15 is 0 Å². The van der Waals surface area contributed by atoms with Gasteiger partial charge in [-0.2, -0.15) is 0 Å². The van der Waals surface area contributed by atoms with Crippen LogP contribution in [0.4, 0.5) is 0 Å². The van der Waals surface area contributed by atoms with Gasteiger partial charge in [0.1, 0.15) is 5.60 Å². The molecule has 2 rings (SSSR count). The lowest BCUT2D eigenvalue weighted by Gasteiger charge is -2.36. The summed E-state index contributed by atoms with van der Waals surface area (Å²) in [6.45, 7) is 12.5. The zero-order chi connectivity index (χ0) is 17.3. The third-order valence-electron chi connectivity index (χ3n) is 3.91. The van der Waals surface area contributed by atoms with E-state index in [2.05, 4.69) is 29.3 Å². The minimum absolute atomic E-state index is 0.234. The van der Waals surface area contributed by atoms with Crippen LogP contribution in [0, 0.1) is 5.41 Å². The zero-order valence-electron chi connectivity index (χ0n) is 15.0. The molecule has 3 heteroatoms. The van der Waals surface area contributed by atoms with Crippen molar-refractivity contribution in [3.8, 4) is 0 Å². The Hall–Kier alpha value is -2.03. The highest BCUT2D eigenvalue weighted by Crippen LogP contribution is 2.37. The van der Waals surface area contributed by atoms with Crippen LogP contribution in [0.2, 0.25) is 0 Å². The van der Waals surface area contributed by atoms with Crippen LogP contribution in [-0.4, -0.2) is 16.5 Å². The molecule has 23 heavy (non-hydrogen) atoms. The van der Waals surface area contributed by atoms with Gasteiger partial charge in [0.2, 0.25) is 0 Å². The molecule has 0 saturated carbocycles. The third kappa shape index (κ3) is 4.25. The molecule has 1 aromatic rings. The molecular weight excluding hydrogens is 286 g/mol. The number of carbonyl (C=O) groups excluding carboxylic acids is 1. The van der Waals surface area contributed by atoms with Crippen molar-refractivity contribution in [1.29, 1.82) is 0 Å². The maximum Gasteiger partial charge on any atom is 0.337 e. The Kier molecular flexibility index (Phi) is 4.69. The summed E-state index contributed by atoms with van der Waals surface area (Å²) >= 11 is 0. The van der Waals surface area contributed by atoms with Crippen LogP contribution in [0.3, 0.4) is 0 Å². The van der Waals surface area contributed by atoms with Crippen molar-refractivity contribution in [2.45, 2.75) is 53.7 Å². The van der Waals surface area contributed by atoms with E-state index in [0.29, 0.717) is 0 Å². The summed E-state index contributed by atoms with van der Waals surface area (Å²) in [5.41, 5.74) is 2.06. The summed E-state index contributed by atoms with van der Waals surface area (Å²) in [4.78, 5) is 14.8. The van der Waals surface area contributed by atoms with E-state index in [-0.39, 0.29) is 11.4 Å². The number of allylic oxidation sites excluding steroid dienone is 2. The number of hydrogen-bond acceptors (Lipinski definition) is 3. The summed E-state index contributed by atoms with van der Waals surface area (Å²) in [7, 11) is 0. The summed E-state index contributed by atoms with van der Waals surface area (Å²) in [5.74, 6) is -0.234. The Morgan fingerprint density at radius 1 is 1.17 bits per heavy atom. The van der Waals surface area contributed by atoms with Crippen LogP contribution in [0.15, 0.2) is 53.9 Å². The monoisotopic (exact) mass is 313 g/mol. The summed E-state index contributed by atoms with van der Waals surface area (Å²) in [6.07, 6.45) is 4.14. The van der Waals surface area contributed by atoms with Gasteiger partial charge in [0.05, 0.1) is 5.57 Å². The Morgan fingerprint density at radius 3 is 2.35 bits per heavy atom. The number of ether oxygens (including phenoxy) is 1. The van der Waals surface area contributed by atoms with Crippen LogP contribution in [0.1, 0.15) is 47.1 Å². The van der Waals surface area contributed by atoms with Crippen LogP contribution < -0.4 is 0 Å². The first-order valence-corrected chi connectivity index (χ1v) is 8.05. The fourth-order valence-corrected chi connectivity index (χ4v) is 2.77. The molecular formula is C20H27NO2.